The molecule has 2 aromatic heterocycles. The third-order valence-electron chi connectivity index (χ3n) is 2.48. The van der Waals surface area contributed by atoms with Gasteiger partial charge in [0.15, 0.2) is 0 Å². The Balaban J connectivity index is 2.25. The van der Waals surface area contributed by atoms with Gasteiger partial charge < -0.3 is 5.11 Å². The summed E-state index contributed by atoms with van der Waals surface area (Å²) in [6.45, 7) is 3.92. The molecule has 1 N–H and O–H groups in total. The summed E-state index contributed by atoms with van der Waals surface area (Å²) in [5.41, 5.74) is 2.72. The van der Waals surface area contributed by atoms with Crippen LogP contribution in [0.25, 0.3) is 5.69 Å². The summed E-state index contributed by atoms with van der Waals surface area (Å²) < 4.78 is 1.77. The van der Waals surface area contributed by atoms with Crippen LogP contribution in [0.15, 0.2) is 30.7 Å². The van der Waals surface area contributed by atoms with Crippen molar-refractivity contribution < 1.29 is 5.11 Å². The maximum atomic E-state index is 9.61. The van der Waals surface area contributed by atoms with E-state index in [1.165, 1.54) is 0 Å². The molecule has 4 heteroatoms. The van der Waals surface area contributed by atoms with E-state index in [0.717, 1.165) is 11.3 Å². The summed E-state index contributed by atoms with van der Waals surface area (Å²) in [7, 11) is 0. The van der Waals surface area contributed by atoms with Crippen LogP contribution in [-0.4, -0.2) is 19.9 Å². The SMILES string of the molecule is CCC(O)c1ccc(-n2cc(C)cn2)cn1. The van der Waals surface area contributed by atoms with Crippen LogP contribution in [0.4, 0.5) is 0 Å². The summed E-state index contributed by atoms with van der Waals surface area (Å²) in [6, 6.07) is 3.74. The molecule has 1 atom stereocenters. The number of hydrogen-bond donors (Lipinski definition) is 1. The lowest BCUT2D eigenvalue weighted by Crippen LogP contribution is -2.01. The molecule has 84 valence electrons. The van der Waals surface area contributed by atoms with Crippen molar-refractivity contribution in [2.45, 2.75) is 26.4 Å². The molecule has 0 saturated heterocycles. The third-order valence-corrected chi connectivity index (χ3v) is 2.48. The van der Waals surface area contributed by atoms with Gasteiger partial charge >= 0.3 is 0 Å². The number of aromatic nitrogens is 3. The average Bonchev–Trinajstić information content (AvgIpc) is 2.75. The molecule has 0 saturated carbocycles. The van der Waals surface area contributed by atoms with Crippen molar-refractivity contribution >= 4 is 0 Å². The molecule has 0 aliphatic rings. The first-order valence-corrected chi connectivity index (χ1v) is 5.36. The Morgan fingerprint density at radius 1 is 1.38 bits per heavy atom. The molecule has 1 unspecified atom stereocenters. The van der Waals surface area contributed by atoms with E-state index >= 15 is 0 Å². The van der Waals surface area contributed by atoms with E-state index in [0.29, 0.717) is 12.1 Å². The van der Waals surface area contributed by atoms with Gasteiger partial charge in [-0.05, 0) is 31.0 Å². The molecule has 0 amide bonds. The van der Waals surface area contributed by atoms with E-state index in [4.69, 9.17) is 0 Å². The largest absolute Gasteiger partial charge is 0.387 e. The first-order chi connectivity index (χ1) is 7.70. The highest BCUT2D eigenvalue weighted by Gasteiger charge is 2.06. The molecule has 2 rings (SSSR count). The second kappa shape index (κ2) is 4.45. The van der Waals surface area contributed by atoms with Crippen molar-refractivity contribution in [1.29, 1.82) is 0 Å². The van der Waals surface area contributed by atoms with Gasteiger partial charge in [-0.25, -0.2) is 4.68 Å². The summed E-state index contributed by atoms with van der Waals surface area (Å²) in [4.78, 5) is 4.22. The molecular weight excluding hydrogens is 202 g/mol. The standard InChI is InChI=1S/C12H15N3O/c1-3-12(16)11-5-4-10(7-13-11)15-8-9(2)6-14-15/h4-8,12,16H,3H2,1-2H3. The summed E-state index contributed by atoms with van der Waals surface area (Å²) in [5, 5.41) is 13.8. The van der Waals surface area contributed by atoms with Gasteiger partial charge in [0.25, 0.3) is 0 Å². The van der Waals surface area contributed by atoms with Crippen molar-refractivity contribution in [2.24, 2.45) is 0 Å². The number of nitrogens with zero attached hydrogens (tertiary/aromatic N) is 3. The van der Waals surface area contributed by atoms with Gasteiger partial charge in [0.2, 0.25) is 0 Å². The number of hydrogen-bond acceptors (Lipinski definition) is 3. The quantitative estimate of drug-likeness (QED) is 0.855. The minimum Gasteiger partial charge on any atom is -0.387 e. The second-order valence-electron chi connectivity index (χ2n) is 3.83. The van der Waals surface area contributed by atoms with Crippen LogP contribution in [0.3, 0.4) is 0 Å². The fourth-order valence-electron chi connectivity index (χ4n) is 1.49. The fourth-order valence-corrected chi connectivity index (χ4v) is 1.49. The van der Waals surface area contributed by atoms with Crippen LogP contribution in [-0.2, 0) is 0 Å². The maximum Gasteiger partial charge on any atom is 0.0957 e. The van der Waals surface area contributed by atoms with E-state index in [9.17, 15) is 5.11 Å². The van der Waals surface area contributed by atoms with Crippen molar-refractivity contribution in [1.82, 2.24) is 14.8 Å². The Bertz CT molecular complexity index is 461. The Morgan fingerprint density at radius 3 is 2.69 bits per heavy atom. The molecule has 0 radical (unpaired) electrons. The molecule has 0 fully saturated rings. The maximum absolute atomic E-state index is 9.61. The van der Waals surface area contributed by atoms with Gasteiger partial charge in [0, 0.05) is 6.20 Å². The predicted molar refractivity (Wildman–Crippen MR) is 61.3 cm³/mol. The number of rotatable bonds is 3. The van der Waals surface area contributed by atoms with E-state index < -0.39 is 6.10 Å². The van der Waals surface area contributed by atoms with Crippen molar-refractivity contribution in [3.05, 3.63) is 42.0 Å². The zero-order chi connectivity index (χ0) is 11.5. The van der Waals surface area contributed by atoms with Gasteiger partial charge in [-0.2, -0.15) is 5.10 Å². The second-order valence-corrected chi connectivity index (χ2v) is 3.83. The number of aliphatic hydroxyl groups is 1. The summed E-state index contributed by atoms with van der Waals surface area (Å²) >= 11 is 0. The van der Waals surface area contributed by atoms with Gasteiger partial charge in [0.05, 0.1) is 29.9 Å². The molecule has 2 aromatic rings. The minimum absolute atomic E-state index is 0.478. The van der Waals surface area contributed by atoms with Gasteiger partial charge in [0.1, 0.15) is 0 Å². The first-order valence-electron chi connectivity index (χ1n) is 5.36. The van der Waals surface area contributed by atoms with Crippen LogP contribution < -0.4 is 0 Å². The van der Waals surface area contributed by atoms with Crippen LogP contribution in [0.1, 0.15) is 30.7 Å². The summed E-state index contributed by atoms with van der Waals surface area (Å²) in [6.07, 6.45) is 5.66. The van der Waals surface area contributed by atoms with Crippen LogP contribution in [0.2, 0.25) is 0 Å². The average molecular weight is 217 g/mol. The third kappa shape index (κ3) is 2.12. The highest BCUT2D eigenvalue weighted by atomic mass is 16.3. The Kier molecular flexibility index (Phi) is 3.01. The molecule has 16 heavy (non-hydrogen) atoms. The lowest BCUT2D eigenvalue weighted by atomic mass is 10.2. The lowest BCUT2D eigenvalue weighted by Gasteiger charge is -2.07. The van der Waals surface area contributed by atoms with E-state index in [1.54, 1.807) is 17.1 Å². The monoisotopic (exact) mass is 217 g/mol. The van der Waals surface area contributed by atoms with Crippen LogP contribution >= 0.6 is 0 Å². The molecule has 2 heterocycles. The molecule has 0 spiro atoms. The first kappa shape index (κ1) is 10.8. The van der Waals surface area contributed by atoms with Crippen molar-refractivity contribution in [3.63, 3.8) is 0 Å². The van der Waals surface area contributed by atoms with Crippen molar-refractivity contribution in [3.8, 4) is 5.69 Å². The Labute approximate surface area is 94.6 Å². The Hall–Kier alpha value is -1.68. The molecule has 0 aliphatic carbocycles. The number of pyridine rings is 1. The normalized spacial score (nSPS) is 12.7. The smallest absolute Gasteiger partial charge is 0.0957 e. The Morgan fingerprint density at radius 2 is 2.19 bits per heavy atom. The van der Waals surface area contributed by atoms with E-state index in [1.807, 2.05) is 32.2 Å². The molecule has 0 bridgehead atoms. The molecular formula is C12H15N3O. The topological polar surface area (TPSA) is 50.9 Å². The number of aryl methyl sites for hydroxylation is 1. The molecule has 0 aromatic carbocycles. The minimum atomic E-state index is -0.478. The van der Waals surface area contributed by atoms with Gasteiger partial charge in [-0.1, -0.05) is 6.92 Å². The van der Waals surface area contributed by atoms with Gasteiger partial charge in [-0.3, -0.25) is 4.98 Å². The molecule has 0 aliphatic heterocycles. The summed E-state index contributed by atoms with van der Waals surface area (Å²) in [5.74, 6) is 0. The highest BCUT2D eigenvalue weighted by molar-refractivity contribution is 5.29. The van der Waals surface area contributed by atoms with Crippen LogP contribution in [0, 0.1) is 6.92 Å². The number of aliphatic hydroxyl groups excluding tert-OH is 1. The highest BCUT2D eigenvalue weighted by Crippen LogP contribution is 2.15. The lowest BCUT2D eigenvalue weighted by molar-refractivity contribution is 0.169. The van der Waals surface area contributed by atoms with E-state index in [-0.39, 0.29) is 0 Å². The molecule has 4 nitrogen and oxygen atoms in total. The van der Waals surface area contributed by atoms with Gasteiger partial charge in [-0.15, -0.1) is 0 Å². The van der Waals surface area contributed by atoms with Crippen LogP contribution in [0.5, 0.6) is 0 Å². The zero-order valence-corrected chi connectivity index (χ0v) is 9.46. The predicted octanol–water partition coefficient (Wildman–Crippen LogP) is 2.02. The van der Waals surface area contributed by atoms with Crippen molar-refractivity contribution in [2.75, 3.05) is 0 Å². The van der Waals surface area contributed by atoms with E-state index in [2.05, 4.69) is 10.1 Å². The fraction of sp³-hybridized carbons (Fsp3) is 0.333. The zero-order valence-electron chi connectivity index (χ0n) is 9.46.